The summed E-state index contributed by atoms with van der Waals surface area (Å²) >= 11 is 0. The molecule has 0 saturated carbocycles. The second-order valence-corrected chi connectivity index (χ2v) is 4.70. The van der Waals surface area contributed by atoms with Crippen LogP contribution in [0.3, 0.4) is 0 Å². The quantitative estimate of drug-likeness (QED) is 0.830. The molecule has 0 bridgehead atoms. The number of carbonyl (C=O) groups excluding carboxylic acids is 1. The highest BCUT2D eigenvalue weighted by atomic mass is 19.1. The van der Waals surface area contributed by atoms with Gasteiger partial charge in [0.2, 0.25) is 0 Å². The fraction of sp³-hybridized carbons (Fsp3) is 0.235. The van der Waals surface area contributed by atoms with Gasteiger partial charge in [0.25, 0.3) is 0 Å². The molecule has 4 heteroatoms. The van der Waals surface area contributed by atoms with Crippen LogP contribution in [0, 0.1) is 5.82 Å². The van der Waals surface area contributed by atoms with Gasteiger partial charge in [0.15, 0.2) is 0 Å². The highest BCUT2D eigenvalue weighted by Gasteiger charge is 2.20. The van der Waals surface area contributed by atoms with E-state index in [1.165, 1.54) is 19.2 Å². The molecular formula is C17H18FNO2. The predicted molar refractivity (Wildman–Crippen MR) is 79.3 cm³/mol. The van der Waals surface area contributed by atoms with Crippen molar-refractivity contribution in [2.75, 3.05) is 13.7 Å². The molecule has 110 valence electrons. The van der Waals surface area contributed by atoms with Gasteiger partial charge in [-0.15, -0.1) is 0 Å². The van der Waals surface area contributed by atoms with Gasteiger partial charge in [-0.05, 0) is 29.7 Å². The van der Waals surface area contributed by atoms with Crippen LogP contribution in [-0.4, -0.2) is 19.6 Å². The van der Waals surface area contributed by atoms with Gasteiger partial charge in [-0.25, -0.2) is 9.18 Å². The molecule has 1 atom stereocenters. The lowest BCUT2D eigenvalue weighted by atomic mass is 10.1. The molecule has 0 aromatic heterocycles. The summed E-state index contributed by atoms with van der Waals surface area (Å²) in [5.41, 5.74) is 1.88. The van der Waals surface area contributed by atoms with Crippen molar-refractivity contribution in [1.29, 1.82) is 0 Å². The number of hydrogen-bond donors (Lipinski definition) is 1. The van der Waals surface area contributed by atoms with Crippen molar-refractivity contribution in [3.63, 3.8) is 0 Å². The molecule has 0 aliphatic heterocycles. The number of hydrogen-bond acceptors (Lipinski definition) is 3. The van der Waals surface area contributed by atoms with Crippen LogP contribution >= 0.6 is 0 Å². The van der Waals surface area contributed by atoms with Crippen LogP contribution in [0.4, 0.5) is 4.39 Å². The van der Waals surface area contributed by atoms with Gasteiger partial charge in [-0.1, -0.05) is 42.5 Å². The van der Waals surface area contributed by atoms with Gasteiger partial charge >= 0.3 is 5.97 Å². The maximum Gasteiger partial charge on any atom is 0.327 e. The Kier molecular flexibility index (Phi) is 5.46. The molecule has 1 unspecified atom stereocenters. The second kappa shape index (κ2) is 7.55. The first kappa shape index (κ1) is 15.2. The first-order valence-corrected chi connectivity index (χ1v) is 6.81. The van der Waals surface area contributed by atoms with Crippen LogP contribution < -0.4 is 5.32 Å². The third kappa shape index (κ3) is 4.39. The van der Waals surface area contributed by atoms with Crippen LogP contribution in [-0.2, 0) is 16.0 Å². The summed E-state index contributed by atoms with van der Waals surface area (Å²) in [5.74, 6) is -0.566. The molecule has 1 N–H and O–H groups in total. The fourth-order valence-electron chi connectivity index (χ4n) is 2.11. The van der Waals surface area contributed by atoms with E-state index in [4.69, 9.17) is 4.74 Å². The molecular weight excluding hydrogens is 269 g/mol. The molecule has 0 fully saturated rings. The Bertz CT molecular complexity index is 569. The van der Waals surface area contributed by atoms with Gasteiger partial charge in [0, 0.05) is 6.54 Å². The molecule has 0 saturated heterocycles. The van der Waals surface area contributed by atoms with E-state index < -0.39 is 6.04 Å². The third-order valence-corrected chi connectivity index (χ3v) is 3.25. The Labute approximate surface area is 123 Å². The standard InChI is InChI=1S/C17H18FNO2/c1-21-17(20)16(14-5-3-2-4-6-14)19-12-11-13-7-9-15(18)10-8-13/h2-10,16,19H,11-12H2,1H3. The van der Waals surface area contributed by atoms with Crippen LogP contribution in [0.25, 0.3) is 0 Å². The van der Waals surface area contributed by atoms with E-state index in [0.717, 1.165) is 11.1 Å². The number of rotatable bonds is 6. The van der Waals surface area contributed by atoms with Crippen molar-refractivity contribution in [2.45, 2.75) is 12.5 Å². The minimum atomic E-state index is -0.489. The molecule has 0 amide bonds. The van der Waals surface area contributed by atoms with E-state index in [0.29, 0.717) is 13.0 Å². The molecule has 0 aliphatic rings. The Morgan fingerprint density at radius 2 is 1.81 bits per heavy atom. The van der Waals surface area contributed by atoms with Crippen LogP contribution in [0.2, 0.25) is 0 Å². The van der Waals surface area contributed by atoms with Gasteiger partial charge in [0.1, 0.15) is 11.9 Å². The first-order chi connectivity index (χ1) is 10.2. The highest BCUT2D eigenvalue weighted by Crippen LogP contribution is 2.14. The van der Waals surface area contributed by atoms with E-state index >= 15 is 0 Å². The van der Waals surface area contributed by atoms with Crippen LogP contribution in [0.5, 0.6) is 0 Å². The zero-order valence-corrected chi connectivity index (χ0v) is 11.9. The summed E-state index contributed by atoms with van der Waals surface area (Å²) in [6, 6.07) is 15.3. The summed E-state index contributed by atoms with van der Waals surface area (Å²) in [4.78, 5) is 11.9. The Hall–Kier alpha value is -2.20. The van der Waals surface area contributed by atoms with Crippen molar-refractivity contribution in [3.8, 4) is 0 Å². The minimum absolute atomic E-state index is 0.247. The second-order valence-electron chi connectivity index (χ2n) is 4.70. The molecule has 0 spiro atoms. The van der Waals surface area contributed by atoms with Gasteiger partial charge in [-0.3, -0.25) is 0 Å². The van der Waals surface area contributed by atoms with Crippen LogP contribution in [0.1, 0.15) is 17.2 Å². The molecule has 0 heterocycles. The number of benzene rings is 2. The third-order valence-electron chi connectivity index (χ3n) is 3.25. The molecule has 2 rings (SSSR count). The average Bonchev–Trinajstić information content (AvgIpc) is 2.53. The van der Waals surface area contributed by atoms with E-state index in [-0.39, 0.29) is 11.8 Å². The zero-order chi connectivity index (χ0) is 15.1. The Balaban J connectivity index is 1.96. The predicted octanol–water partition coefficient (Wildman–Crippen LogP) is 2.87. The van der Waals surface area contributed by atoms with Crippen molar-refractivity contribution in [1.82, 2.24) is 5.32 Å². The Morgan fingerprint density at radius 3 is 2.43 bits per heavy atom. The smallest absolute Gasteiger partial charge is 0.327 e. The topological polar surface area (TPSA) is 38.3 Å². The lowest BCUT2D eigenvalue weighted by Gasteiger charge is -2.16. The summed E-state index contributed by atoms with van der Waals surface area (Å²) < 4.78 is 17.7. The lowest BCUT2D eigenvalue weighted by Crippen LogP contribution is -2.31. The molecule has 2 aromatic carbocycles. The van der Waals surface area contributed by atoms with Crippen molar-refractivity contribution < 1.29 is 13.9 Å². The summed E-state index contributed by atoms with van der Waals surface area (Å²) in [7, 11) is 1.37. The molecule has 2 aromatic rings. The largest absolute Gasteiger partial charge is 0.468 e. The normalized spacial score (nSPS) is 11.9. The van der Waals surface area contributed by atoms with E-state index in [2.05, 4.69) is 5.32 Å². The SMILES string of the molecule is COC(=O)C(NCCc1ccc(F)cc1)c1ccccc1. The van der Waals surface area contributed by atoms with Gasteiger partial charge < -0.3 is 10.1 Å². The average molecular weight is 287 g/mol. The van der Waals surface area contributed by atoms with Gasteiger partial charge in [0.05, 0.1) is 7.11 Å². The zero-order valence-electron chi connectivity index (χ0n) is 11.9. The number of esters is 1. The van der Waals surface area contributed by atoms with Gasteiger partial charge in [-0.2, -0.15) is 0 Å². The molecule has 0 aliphatic carbocycles. The summed E-state index contributed by atoms with van der Waals surface area (Å²) in [6.07, 6.45) is 0.709. The van der Waals surface area contributed by atoms with Crippen LogP contribution in [0.15, 0.2) is 54.6 Å². The van der Waals surface area contributed by atoms with E-state index in [9.17, 15) is 9.18 Å². The summed E-state index contributed by atoms with van der Waals surface area (Å²) in [5, 5.41) is 3.18. The summed E-state index contributed by atoms with van der Waals surface area (Å²) in [6.45, 7) is 0.598. The first-order valence-electron chi connectivity index (χ1n) is 6.81. The highest BCUT2D eigenvalue weighted by molar-refractivity contribution is 5.77. The number of ether oxygens (including phenoxy) is 1. The van der Waals surface area contributed by atoms with E-state index in [1.54, 1.807) is 12.1 Å². The van der Waals surface area contributed by atoms with E-state index in [1.807, 2.05) is 30.3 Å². The lowest BCUT2D eigenvalue weighted by molar-refractivity contribution is -0.143. The van der Waals surface area contributed by atoms with Crippen molar-refractivity contribution >= 4 is 5.97 Å². The Morgan fingerprint density at radius 1 is 1.14 bits per heavy atom. The maximum atomic E-state index is 12.8. The van der Waals surface area contributed by atoms with Crippen molar-refractivity contribution in [3.05, 3.63) is 71.5 Å². The van der Waals surface area contributed by atoms with Crippen molar-refractivity contribution in [2.24, 2.45) is 0 Å². The molecule has 21 heavy (non-hydrogen) atoms. The number of carbonyl (C=O) groups is 1. The molecule has 3 nitrogen and oxygen atoms in total. The maximum absolute atomic E-state index is 12.8. The fourth-order valence-corrected chi connectivity index (χ4v) is 2.11. The number of halogens is 1. The molecule has 0 radical (unpaired) electrons. The number of nitrogens with one attached hydrogen (secondary N) is 1. The monoisotopic (exact) mass is 287 g/mol. The number of methoxy groups -OCH3 is 1. The minimum Gasteiger partial charge on any atom is -0.468 e.